The van der Waals surface area contributed by atoms with Gasteiger partial charge in [-0.3, -0.25) is 0 Å². The highest BCUT2D eigenvalue weighted by atomic mass is 35.5. The molecule has 1 aromatic heterocycles. The molecule has 0 spiro atoms. The Kier molecular flexibility index (Phi) is 1.44. The Bertz CT molecular complexity index is 228. The number of carboxylic acid groups (broad SMARTS) is 1. The van der Waals surface area contributed by atoms with E-state index >= 15 is 0 Å². The van der Waals surface area contributed by atoms with Crippen molar-refractivity contribution in [3.63, 3.8) is 0 Å². The largest absolute Gasteiger partial charge is 0.478 e. The summed E-state index contributed by atoms with van der Waals surface area (Å²) in [6.07, 6.45) is 1.09. The molecule has 1 N–H and O–H groups in total. The third kappa shape index (κ3) is 1.23. The van der Waals surface area contributed by atoms with Crippen molar-refractivity contribution in [3.05, 3.63) is 23.1 Å². The van der Waals surface area contributed by atoms with Gasteiger partial charge >= 0.3 is 5.97 Å². The molecule has 0 aliphatic heterocycles. The van der Waals surface area contributed by atoms with E-state index in [4.69, 9.17) is 16.7 Å². The van der Waals surface area contributed by atoms with Gasteiger partial charge in [0.25, 0.3) is 0 Å². The summed E-state index contributed by atoms with van der Waals surface area (Å²) in [5.41, 5.74) is 0.0694. The van der Waals surface area contributed by atoms with Gasteiger partial charge in [0.05, 0.1) is 5.56 Å². The summed E-state index contributed by atoms with van der Waals surface area (Å²) in [6, 6.07) is 1.24. The van der Waals surface area contributed by atoms with Crippen LogP contribution >= 0.6 is 11.6 Å². The van der Waals surface area contributed by atoms with Gasteiger partial charge in [0.15, 0.2) is 5.22 Å². The lowest BCUT2D eigenvalue weighted by atomic mass is 10.4. The maximum atomic E-state index is 10.1. The van der Waals surface area contributed by atoms with Crippen LogP contribution in [0.1, 0.15) is 10.4 Å². The minimum absolute atomic E-state index is 0.0694. The van der Waals surface area contributed by atoms with E-state index in [9.17, 15) is 4.79 Å². The topological polar surface area (TPSA) is 50.4 Å². The number of rotatable bonds is 1. The monoisotopic (exact) mass is 146 g/mol. The van der Waals surface area contributed by atoms with E-state index in [1.54, 1.807) is 0 Å². The minimum atomic E-state index is -1.04. The molecule has 0 unspecified atom stereocenters. The quantitative estimate of drug-likeness (QED) is 0.655. The lowest BCUT2D eigenvalue weighted by Crippen LogP contribution is -1.91. The van der Waals surface area contributed by atoms with Crippen molar-refractivity contribution in [2.75, 3.05) is 0 Å². The van der Waals surface area contributed by atoms with Gasteiger partial charge in [0, 0.05) is 6.07 Å². The summed E-state index contributed by atoms with van der Waals surface area (Å²) in [6.45, 7) is 0. The number of carboxylic acids is 1. The van der Waals surface area contributed by atoms with Crippen molar-refractivity contribution in [2.45, 2.75) is 0 Å². The smallest absolute Gasteiger partial charge is 0.339 e. The molecule has 0 saturated carbocycles. The maximum Gasteiger partial charge on any atom is 0.339 e. The molecular weight excluding hydrogens is 144 g/mol. The van der Waals surface area contributed by atoms with Crippen LogP contribution in [0, 0.1) is 0 Å². The van der Waals surface area contributed by atoms with E-state index in [1.807, 2.05) is 0 Å². The Hall–Kier alpha value is -0.960. The fraction of sp³-hybridized carbons (Fsp3) is 0. The average Bonchev–Trinajstić information content (AvgIpc) is 2.14. The number of halogens is 1. The summed E-state index contributed by atoms with van der Waals surface area (Å²) < 4.78 is 4.51. The van der Waals surface area contributed by atoms with Crippen LogP contribution in [0.3, 0.4) is 0 Å². The van der Waals surface area contributed by atoms with Crippen LogP contribution in [-0.2, 0) is 0 Å². The molecule has 0 aromatic carbocycles. The molecule has 1 aromatic rings. The second kappa shape index (κ2) is 2.11. The van der Waals surface area contributed by atoms with Gasteiger partial charge in [0.2, 0.25) is 0 Å². The van der Waals surface area contributed by atoms with E-state index in [1.165, 1.54) is 6.07 Å². The standard InChI is InChI=1S/C5H3ClO3/c6-4-1-3(2-9-4)5(7)8/h1-2H,(H,7,8). The molecule has 1 rings (SSSR count). The molecule has 9 heavy (non-hydrogen) atoms. The summed E-state index contributed by atoms with van der Waals surface area (Å²) in [4.78, 5) is 10.1. The molecular formula is C5H3ClO3. The van der Waals surface area contributed by atoms with E-state index in [0.29, 0.717) is 0 Å². The number of furan rings is 1. The Labute approximate surface area is 55.8 Å². The Morgan fingerprint density at radius 3 is 2.67 bits per heavy atom. The van der Waals surface area contributed by atoms with Crippen molar-refractivity contribution in [3.8, 4) is 0 Å². The highest BCUT2D eigenvalue weighted by molar-refractivity contribution is 6.29. The van der Waals surface area contributed by atoms with Crippen molar-refractivity contribution >= 4 is 17.6 Å². The predicted molar refractivity (Wildman–Crippen MR) is 30.7 cm³/mol. The van der Waals surface area contributed by atoms with Gasteiger partial charge in [-0.1, -0.05) is 0 Å². The SMILES string of the molecule is O=C(O)c1coc(Cl)c1. The predicted octanol–water partition coefficient (Wildman–Crippen LogP) is 1.63. The molecule has 0 fully saturated rings. The lowest BCUT2D eigenvalue weighted by molar-refractivity contribution is 0.0696. The maximum absolute atomic E-state index is 10.1. The van der Waals surface area contributed by atoms with Crippen LogP contribution in [-0.4, -0.2) is 11.1 Å². The molecule has 0 aliphatic rings. The third-order valence-corrected chi connectivity index (χ3v) is 1.01. The Morgan fingerprint density at radius 1 is 1.78 bits per heavy atom. The molecule has 4 heteroatoms. The van der Waals surface area contributed by atoms with Crippen molar-refractivity contribution in [2.24, 2.45) is 0 Å². The number of aromatic carboxylic acids is 1. The average molecular weight is 147 g/mol. The normalized spacial score (nSPS) is 9.44. The molecule has 0 bridgehead atoms. The fourth-order valence-corrected chi connectivity index (χ4v) is 0.584. The van der Waals surface area contributed by atoms with Gasteiger partial charge in [-0.05, 0) is 11.6 Å². The van der Waals surface area contributed by atoms with E-state index in [-0.39, 0.29) is 10.8 Å². The number of hydrogen-bond donors (Lipinski definition) is 1. The first-order chi connectivity index (χ1) is 4.20. The zero-order valence-electron chi connectivity index (χ0n) is 4.30. The number of carbonyl (C=O) groups is 1. The van der Waals surface area contributed by atoms with Gasteiger partial charge in [-0.15, -0.1) is 0 Å². The molecule has 1 heterocycles. The first-order valence-electron chi connectivity index (χ1n) is 2.17. The highest BCUT2D eigenvalue weighted by Gasteiger charge is 2.04. The van der Waals surface area contributed by atoms with E-state index < -0.39 is 5.97 Å². The van der Waals surface area contributed by atoms with Crippen molar-refractivity contribution in [1.82, 2.24) is 0 Å². The molecule has 0 saturated heterocycles. The summed E-state index contributed by atoms with van der Waals surface area (Å²) in [5.74, 6) is -1.04. The second-order valence-corrected chi connectivity index (χ2v) is 1.82. The molecule has 0 aliphatic carbocycles. The summed E-state index contributed by atoms with van der Waals surface area (Å²) in [7, 11) is 0. The molecule has 0 radical (unpaired) electrons. The second-order valence-electron chi connectivity index (χ2n) is 1.44. The van der Waals surface area contributed by atoms with Gasteiger partial charge in [0.1, 0.15) is 6.26 Å². The van der Waals surface area contributed by atoms with Crippen molar-refractivity contribution < 1.29 is 14.3 Å². The van der Waals surface area contributed by atoms with Crippen LogP contribution in [0.4, 0.5) is 0 Å². The zero-order valence-corrected chi connectivity index (χ0v) is 5.05. The molecule has 3 nitrogen and oxygen atoms in total. The van der Waals surface area contributed by atoms with E-state index in [2.05, 4.69) is 4.42 Å². The van der Waals surface area contributed by atoms with Gasteiger partial charge in [-0.2, -0.15) is 0 Å². The Morgan fingerprint density at radius 2 is 2.44 bits per heavy atom. The fourth-order valence-electron chi connectivity index (χ4n) is 0.422. The highest BCUT2D eigenvalue weighted by Crippen LogP contribution is 2.12. The van der Waals surface area contributed by atoms with Crippen LogP contribution in [0.15, 0.2) is 16.7 Å². The van der Waals surface area contributed by atoms with Crippen LogP contribution in [0.25, 0.3) is 0 Å². The third-order valence-electron chi connectivity index (χ3n) is 0.814. The van der Waals surface area contributed by atoms with Crippen LogP contribution in [0.5, 0.6) is 0 Å². The first kappa shape index (κ1) is 6.16. The first-order valence-corrected chi connectivity index (χ1v) is 2.55. The Balaban J connectivity index is 2.98. The van der Waals surface area contributed by atoms with Crippen LogP contribution in [0.2, 0.25) is 5.22 Å². The molecule has 48 valence electrons. The van der Waals surface area contributed by atoms with Crippen molar-refractivity contribution in [1.29, 1.82) is 0 Å². The summed E-state index contributed by atoms with van der Waals surface area (Å²) >= 11 is 5.27. The molecule has 0 atom stereocenters. The lowest BCUT2D eigenvalue weighted by Gasteiger charge is -1.77. The zero-order chi connectivity index (χ0) is 6.85. The van der Waals surface area contributed by atoms with E-state index in [0.717, 1.165) is 6.26 Å². The molecule has 0 amide bonds. The number of hydrogen-bond acceptors (Lipinski definition) is 2. The van der Waals surface area contributed by atoms with Gasteiger partial charge in [-0.25, -0.2) is 4.79 Å². The summed E-state index contributed by atoms with van der Waals surface area (Å²) in [5, 5.41) is 8.37. The van der Waals surface area contributed by atoms with Gasteiger partial charge < -0.3 is 9.52 Å². The van der Waals surface area contributed by atoms with Crippen LogP contribution < -0.4 is 0 Å². The minimum Gasteiger partial charge on any atom is -0.478 e.